The van der Waals surface area contributed by atoms with Crippen LogP contribution in [-0.2, 0) is 4.79 Å². The molecule has 0 spiro atoms. The second-order valence-corrected chi connectivity index (χ2v) is 12.8. The number of likely N-dealkylation sites (N-methyl/N-ethyl adjacent to an activating group) is 1. The first kappa shape index (κ1) is 30.3. The van der Waals surface area contributed by atoms with Crippen LogP contribution in [-0.4, -0.2) is 87.7 Å². The Morgan fingerprint density at radius 2 is 2.09 bits per heavy atom. The highest BCUT2D eigenvalue weighted by molar-refractivity contribution is 6.36. The van der Waals surface area contributed by atoms with Crippen LogP contribution in [0.3, 0.4) is 0 Å². The number of aromatic nitrogens is 3. The van der Waals surface area contributed by atoms with Crippen molar-refractivity contribution in [1.29, 1.82) is 5.26 Å². The van der Waals surface area contributed by atoms with Crippen LogP contribution in [0.15, 0.2) is 55.3 Å². The summed E-state index contributed by atoms with van der Waals surface area (Å²) in [6.45, 7) is 5.15. The fourth-order valence-electron chi connectivity index (χ4n) is 7.43. The smallest absolute Gasteiger partial charge is 0.319 e. The van der Waals surface area contributed by atoms with Crippen molar-refractivity contribution in [3.8, 4) is 23.3 Å². The second kappa shape index (κ2) is 11.8. The second-order valence-electron chi connectivity index (χ2n) is 12.4. The maximum Gasteiger partial charge on any atom is 0.319 e. The molecule has 0 aliphatic carbocycles. The van der Waals surface area contributed by atoms with Crippen molar-refractivity contribution in [2.24, 2.45) is 0 Å². The predicted molar refractivity (Wildman–Crippen MR) is 172 cm³/mol. The highest BCUT2D eigenvalue weighted by atomic mass is 35.5. The monoisotopic (exact) mass is 643 g/mol. The third-order valence-corrected chi connectivity index (χ3v) is 10.1. The summed E-state index contributed by atoms with van der Waals surface area (Å²) in [5.41, 5.74) is 0.146. The number of pyridine rings is 1. The number of anilines is 1. The number of nitrogens with zero attached hydrogens (tertiary/aromatic N) is 7. The van der Waals surface area contributed by atoms with E-state index in [1.165, 1.54) is 17.2 Å². The number of likely N-dealkylation sites (tertiary alicyclic amines) is 1. The van der Waals surface area contributed by atoms with Crippen molar-refractivity contribution in [2.75, 3.05) is 38.2 Å². The summed E-state index contributed by atoms with van der Waals surface area (Å²) < 4.78 is 37.4. The van der Waals surface area contributed by atoms with Crippen LogP contribution in [0.4, 0.5) is 14.6 Å². The van der Waals surface area contributed by atoms with E-state index in [0.29, 0.717) is 46.6 Å². The summed E-state index contributed by atoms with van der Waals surface area (Å²) in [5, 5.41) is 12.1. The van der Waals surface area contributed by atoms with E-state index >= 15 is 4.39 Å². The number of rotatable bonds is 7. The Kier molecular flexibility index (Phi) is 7.73. The Morgan fingerprint density at radius 1 is 1.28 bits per heavy atom. The quantitative estimate of drug-likeness (QED) is 0.236. The number of carbonyl (C=O) groups excluding carboxylic acids is 1. The van der Waals surface area contributed by atoms with Gasteiger partial charge in [-0.05, 0) is 36.9 Å². The Labute approximate surface area is 270 Å². The number of amides is 1. The van der Waals surface area contributed by atoms with E-state index in [1.807, 2.05) is 29.2 Å². The fraction of sp³-hybridized carbons (Fsp3) is 0.382. The van der Waals surface area contributed by atoms with Gasteiger partial charge in [0.25, 0.3) is 0 Å². The van der Waals surface area contributed by atoms with Crippen LogP contribution in [0.2, 0.25) is 5.02 Å². The molecule has 4 atom stereocenters. The lowest BCUT2D eigenvalue weighted by Crippen LogP contribution is -2.43. The summed E-state index contributed by atoms with van der Waals surface area (Å²) >= 11 is 6.58. The van der Waals surface area contributed by atoms with Gasteiger partial charge in [0.1, 0.15) is 35.8 Å². The number of carbonyl (C=O) groups is 1. The molecule has 12 heteroatoms. The molecule has 3 aliphatic rings. The molecule has 0 bridgehead atoms. The van der Waals surface area contributed by atoms with Crippen LogP contribution in [0.25, 0.3) is 32.9 Å². The summed E-state index contributed by atoms with van der Waals surface area (Å²) in [5.74, 6) is -0.658. The van der Waals surface area contributed by atoms with E-state index in [2.05, 4.69) is 27.5 Å². The zero-order valence-electron chi connectivity index (χ0n) is 25.3. The molecule has 7 rings (SSSR count). The molecular weight excluding hydrogens is 612 g/mol. The molecule has 0 saturated carbocycles. The lowest BCUT2D eigenvalue weighted by molar-refractivity contribution is -0.126. The molecule has 236 valence electrons. The highest BCUT2D eigenvalue weighted by Gasteiger charge is 2.49. The average molecular weight is 644 g/mol. The van der Waals surface area contributed by atoms with Gasteiger partial charge in [0.15, 0.2) is 5.82 Å². The number of fused-ring (bicyclic) bond motifs is 3. The maximum atomic E-state index is 16.7. The van der Waals surface area contributed by atoms with Crippen molar-refractivity contribution >= 4 is 45.0 Å². The summed E-state index contributed by atoms with van der Waals surface area (Å²) in [4.78, 5) is 31.8. The maximum absolute atomic E-state index is 16.7. The summed E-state index contributed by atoms with van der Waals surface area (Å²) in [6, 6.07) is 12.2. The molecule has 3 aliphatic heterocycles. The number of hydrogen-bond donors (Lipinski definition) is 0. The highest BCUT2D eigenvalue weighted by Crippen LogP contribution is 2.41. The van der Waals surface area contributed by atoms with Gasteiger partial charge in [-0.2, -0.15) is 15.2 Å². The first-order valence-electron chi connectivity index (χ1n) is 15.3. The average Bonchev–Trinajstić information content (AvgIpc) is 3.75. The molecule has 2 aromatic heterocycles. The van der Waals surface area contributed by atoms with E-state index in [-0.39, 0.29) is 42.3 Å². The molecule has 46 heavy (non-hydrogen) atoms. The van der Waals surface area contributed by atoms with Crippen molar-refractivity contribution in [3.05, 3.63) is 66.1 Å². The van der Waals surface area contributed by atoms with Gasteiger partial charge in [0, 0.05) is 55.1 Å². The molecule has 0 radical (unpaired) electrons. The van der Waals surface area contributed by atoms with Crippen molar-refractivity contribution < 1.29 is 18.3 Å². The zero-order valence-corrected chi connectivity index (χ0v) is 26.1. The van der Waals surface area contributed by atoms with E-state index in [4.69, 9.17) is 21.3 Å². The van der Waals surface area contributed by atoms with E-state index in [0.717, 1.165) is 24.8 Å². The van der Waals surface area contributed by atoms with Crippen LogP contribution in [0, 0.1) is 17.1 Å². The minimum Gasteiger partial charge on any atom is -0.461 e. The third kappa shape index (κ3) is 5.00. The summed E-state index contributed by atoms with van der Waals surface area (Å²) in [7, 11) is 1.78. The first-order chi connectivity index (χ1) is 22.2. The van der Waals surface area contributed by atoms with Crippen LogP contribution < -0.4 is 9.64 Å². The molecule has 2 aromatic carbocycles. The number of alkyl halides is 1. The first-order valence-corrected chi connectivity index (χ1v) is 15.7. The number of nitriles is 1. The van der Waals surface area contributed by atoms with Gasteiger partial charge in [-0.1, -0.05) is 48.5 Å². The minimum atomic E-state index is -0.932. The van der Waals surface area contributed by atoms with Crippen molar-refractivity contribution in [3.63, 3.8) is 0 Å². The summed E-state index contributed by atoms with van der Waals surface area (Å²) in [6.07, 6.45) is 4.25. The van der Waals surface area contributed by atoms with E-state index in [1.54, 1.807) is 19.2 Å². The van der Waals surface area contributed by atoms with E-state index < -0.39 is 23.6 Å². The number of hydrogen-bond acceptors (Lipinski definition) is 8. The number of ether oxygens (including phenoxy) is 1. The van der Waals surface area contributed by atoms with Gasteiger partial charge in [-0.3, -0.25) is 14.7 Å². The van der Waals surface area contributed by atoms with Crippen LogP contribution >= 0.6 is 11.6 Å². The molecule has 4 aromatic rings. The Hall–Kier alpha value is -4.40. The molecule has 1 amide bonds. The Bertz CT molecular complexity index is 1910. The van der Waals surface area contributed by atoms with Crippen molar-refractivity contribution in [2.45, 2.75) is 49.5 Å². The normalized spacial score (nSPS) is 24.3. The minimum absolute atomic E-state index is 0.00493. The van der Waals surface area contributed by atoms with Gasteiger partial charge in [-0.15, -0.1) is 0 Å². The molecule has 3 fully saturated rings. The van der Waals surface area contributed by atoms with Crippen molar-refractivity contribution in [1.82, 2.24) is 24.8 Å². The van der Waals surface area contributed by atoms with Gasteiger partial charge in [0.05, 0.1) is 23.0 Å². The lowest BCUT2D eigenvalue weighted by Gasteiger charge is -2.31. The van der Waals surface area contributed by atoms with Crippen LogP contribution in [0.5, 0.6) is 6.01 Å². The molecule has 5 heterocycles. The largest absolute Gasteiger partial charge is 0.461 e. The Morgan fingerprint density at radius 3 is 2.87 bits per heavy atom. The van der Waals surface area contributed by atoms with Gasteiger partial charge in [0.2, 0.25) is 5.91 Å². The third-order valence-electron chi connectivity index (χ3n) is 9.75. The van der Waals surface area contributed by atoms with Gasteiger partial charge >= 0.3 is 6.01 Å². The standard InChI is InChI=1S/C34H32ClF2N7O2/c1-3-27(45)44-18-23(13-22(44)15-38)42(2)32-25-16-39-30(24-9-4-7-20-8-5-10-26(35)28(20)24)29(37)31(25)40-33(41-32)46-19-34-11-6-12-43(34)17-21(36)14-34/h3-5,7-10,16,21-23H,1,6,11-14,17-19H2,2H3/t21-,22?,23-,34+/m1/s1. The predicted octanol–water partition coefficient (Wildman–Crippen LogP) is 5.71. The molecular formula is C34H32ClF2N7O2. The zero-order chi connectivity index (χ0) is 32.2. The van der Waals surface area contributed by atoms with E-state index in [9.17, 15) is 14.4 Å². The van der Waals surface area contributed by atoms with Gasteiger partial charge < -0.3 is 14.5 Å². The number of halogens is 3. The van der Waals surface area contributed by atoms with Crippen LogP contribution in [0.1, 0.15) is 25.7 Å². The lowest BCUT2D eigenvalue weighted by atomic mass is 9.95. The fourth-order valence-corrected chi connectivity index (χ4v) is 7.72. The molecule has 3 saturated heterocycles. The number of benzene rings is 2. The SMILES string of the molecule is C=CC(=O)N1C[C@H](N(C)c2nc(OC[C@@]34CCCN3C[C@H](F)C4)nc3c(F)c(-c4cccc5cccc(Cl)c45)ncc23)CC1C#N. The molecule has 1 unspecified atom stereocenters. The molecule has 9 nitrogen and oxygen atoms in total. The molecule has 0 N–H and O–H groups in total. The topological polar surface area (TPSA) is 98.5 Å². The van der Waals surface area contributed by atoms with Gasteiger partial charge in [-0.25, -0.2) is 8.78 Å². The Balaban J connectivity index is 1.33.